The first-order valence-corrected chi connectivity index (χ1v) is 7.11. The fourth-order valence-corrected chi connectivity index (χ4v) is 2.70. The second-order valence-electron chi connectivity index (χ2n) is 6.68. The Bertz CT molecular complexity index is 356. The van der Waals surface area contributed by atoms with Gasteiger partial charge in [-0.1, -0.05) is 13.8 Å². The first-order chi connectivity index (χ1) is 9.21. The Morgan fingerprint density at radius 1 is 1.40 bits per heavy atom. The highest BCUT2D eigenvalue weighted by Gasteiger charge is 2.29. The molecule has 1 unspecified atom stereocenters. The van der Waals surface area contributed by atoms with E-state index < -0.39 is 11.9 Å². The molecule has 0 aromatic rings. The lowest BCUT2D eigenvalue weighted by atomic mass is 9.93. The number of amides is 2. The Labute approximate surface area is 121 Å². The van der Waals surface area contributed by atoms with Gasteiger partial charge in [0.25, 0.3) is 0 Å². The molecule has 0 aromatic carbocycles. The van der Waals surface area contributed by atoms with Crippen LogP contribution in [0.15, 0.2) is 0 Å². The van der Waals surface area contributed by atoms with Gasteiger partial charge < -0.3 is 20.2 Å². The minimum Gasteiger partial charge on any atom is -0.481 e. The van der Waals surface area contributed by atoms with Crippen molar-refractivity contribution in [2.75, 3.05) is 40.3 Å². The first kappa shape index (κ1) is 16.8. The summed E-state index contributed by atoms with van der Waals surface area (Å²) in [5.41, 5.74) is -0.0128. The number of rotatable bonds is 5. The molecule has 2 N–H and O–H groups in total. The standard InChI is InChI=1S/C14H27N3O3/c1-14(2,10-16(3)4)9-15-13(20)17-7-5-6-11(8-17)12(18)19/h11H,5-10H2,1-4H3,(H,15,20)(H,18,19). The molecule has 1 aliphatic heterocycles. The molecule has 2 amide bonds. The number of urea groups is 1. The summed E-state index contributed by atoms with van der Waals surface area (Å²) in [6, 6.07) is -0.150. The van der Waals surface area contributed by atoms with Crippen LogP contribution in [0.4, 0.5) is 4.79 Å². The Hall–Kier alpha value is -1.30. The molecule has 1 atom stereocenters. The maximum absolute atomic E-state index is 12.1. The Morgan fingerprint density at radius 2 is 2.05 bits per heavy atom. The molecule has 0 bridgehead atoms. The van der Waals surface area contributed by atoms with Crippen molar-refractivity contribution in [3.05, 3.63) is 0 Å². The van der Waals surface area contributed by atoms with E-state index in [2.05, 4.69) is 24.1 Å². The van der Waals surface area contributed by atoms with Crippen LogP contribution in [0.25, 0.3) is 0 Å². The molecular weight excluding hydrogens is 258 g/mol. The Kier molecular flexibility index (Phi) is 5.80. The number of carboxylic acids is 1. The summed E-state index contributed by atoms with van der Waals surface area (Å²) in [4.78, 5) is 26.8. The first-order valence-electron chi connectivity index (χ1n) is 7.11. The SMILES string of the molecule is CN(C)CC(C)(C)CNC(=O)N1CCCC(C(=O)O)C1. The van der Waals surface area contributed by atoms with E-state index in [-0.39, 0.29) is 11.4 Å². The predicted octanol–water partition coefficient (Wildman–Crippen LogP) is 1.08. The summed E-state index contributed by atoms with van der Waals surface area (Å²) in [5.74, 6) is -1.24. The summed E-state index contributed by atoms with van der Waals surface area (Å²) < 4.78 is 0. The number of carboxylic acid groups (broad SMARTS) is 1. The number of carbonyl (C=O) groups excluding carboxylic acids is 1. The van der Waals surface area contributed by atoms with Crippen LogP contribution < -0.4 is 5.32 Å². The van der Waals surface area contributed by atoms with Crippen LogP contribution in [-0.4, -0.2) is 67.2 Å². The van der Waals surface area contributed by atoms with Gasteiger partial charge in [-0.25, -0.2) is 4.79 Å². The number of nitrogens with one attached hydrogen (secondary N) is 1. The zero-order chi connectivity index (χ0) is 15.3. The number of hydrogen-bond donors (Lipinski definition) is 2. The third kappa shape index (κ3) is 5.36. The van der Waals surface area contributed by atoms with Crippen LogP contribution in [-0.2, 0) is 4.79 Å². The largest absolute Gasteiger partial charge is 0.481 e. The van der Waals surface area contributed by atoms with E-state index in [0.717, 1.165) is 13.0 Å². The summed E-state index contributed by atoms with van der Waals surface area (Å²) >= 11 is 0. The minimum atomic E-state index is -0.810. The highest BCUT2D eigenvalue weighted by Crippen LogP contribution is 2.18. The van der Waals surface area contributed by atoms with Crippen LogP contribution in [0.1, 0.15) is 26.7 Å². The van der Waals surface area contributed by atoms with Crippen molar-refractivity contribution in [1.29, 1.82) is 0 Å². The van der Waals surface area contributed by atoms with Crippen LogP contribution in [0.3, 0.4) is 0 Å². The fraction of sp³-hybridized carbons (Fsp3) is 0.857. The summed E-state index contributed by atoms with van der Waals surface area (Å²) in [6.45, 7) is 6.62. The molecule has 116 valence electrons. The molecule has 20 heavy (non-hydrogen) atoms. The zero-order valence-corrected chi connectivity index (χ0v) is 13.0. The third-order valence-electron chi connectivity index (χ3n) is 3.52. The quantitative estimate of drug-likeness (QED) is 0.793. The molecular formula is C14H27N3O3. The van der Waals surface area contributed by atoms with Gasteiger partial charge in [-0.3, -0.25) is 4.79 Å². The van der Waals surface area contributed by atoms with Crippen molar-refractivity contribution in [3.8, 4) is 0 Å². The van der Waals surface area contributed by atoms with Crippen molar-refractivity contribution >= 4 is 12.0 Å². The molecule has 1 fully saturated rings. The van der Waals surface area contributed by atoms with E-state index in [9.17, 15) is 9.59 Å². The van der Waals surface area contributed by atoms with Crippen LogP contribution in [0.2, 0.25) is 0 Å². The van der Waals surface area contributed by atoms with Gasteiger partial charge in [-0.15, -0.1) is 0 Å². The van der Waals surface area contributed by atoms with Crippen molar-refractivity contribution in [2.45, 2.75) is 26.7 Å². The van der Waals surface area contributed by atoms with E-state index in [1.165, 1.54) is 0 Å². The van der Waals surface area contributed by atoms with Gasteiger partial charge in [0.1, 0.15) is 0 Å². The van der Waals surface area contributed by atoms with Gasteiger partial charge in [0.05, 0.1) is 5.92 Å². The van der Waals surface area contributed by atoms with Gasteiger partial charge in [0.2, 0.25) is 0 Å². The second-order valence-corrected chi connectivity index (χ2v) is 6.68. The monoisotopic (exact) mass is 285 g/mol. The fourth-order valence-electron chi connectivity index (χ4n) is 2.70. The van der Waals surface area contributed by atoms with Gasteiger partial charge in [0.15, 0.2) is 0 Å². The van der Waals surface area contributed by atoms with Crippen LogP contribution in [0, 0.1) is 11.3 Å². The number of likely N-dealkylation sites (tertiary alicyclic amines) is 1. The molecule has 1 heterocycles. The van der Waals surface area contributed by atoms with Gasteiger partial charge in [-0.05, 0) is 32.4 Å². The van der Waals surface area contributed by atoms with E-state index in [1.54, 1.807) is 4.90 Å². The second kappa shape index (κ2) is 6.92. The van der Waals surface area contributed by atoms with Gasteiger partial charge >= 0.3 is 12.0 Å². The maximum Gasteiger partial charge on any atom is 0.317 e. The molecule has 0 saturated carbocycles. The number of piperidine rings is 1. The molecule has 0 aliphatic carbocycles. The Balaban J connectivity index is 2.44. The summed E-state index contributed by atoms with van der Waals surface area (Å²) in [6.07, 6.45) is 1.41. The van der Waals surface area contributed by atoms with Crippen LogP contribution >= 0.6 is 0 Å². The van der Waals surface area contributed by atoms with Crippen molar-refractivity contribution in [3.63, 3.8) is 0 Å². The average Bonchev–Trinajstić information content (AvgIpc) is 2.34. The summed E-state index contributed by atoms with van der Waals surface area (Å²) in [7, 11) is 4.01. The van der Waals surface area contributed by atoms with Crippen molar-refractivity contribution < 1.29 is 14.7 Å². The number of carbonyl (C=O) groups is 2. The molecule has 1 aliphatic rings. The predicted molar refractivity (Wildman–Crippen MR) is 77.7 cm³/mol. The lowest BCUT2D eigenvalue weighted by Gasteiger charge is -2.33. The van der Waals surface area contributed by atoms with E-state index in [4.69, 9.17) is 5.11 Å². The zero-order valence-electron chi connectivity index (χ0n) is 13.0. The molecule has 0 spiro atoms. The number of aliphatic carboxylic acids is 1. The molecule has 0 radical (unpaired) electrons. The van der Waals surface area contributed by atoms with Gasteiger partial charge in [0, 0.05) is 26.2 Å². The summed E-state index contributed by atoms with van der Waals surface area (Å²) in [5, 5.41) is 12.0. The minimum absolute atomic E-state index is 0.0128. The van der Waals surface area contributed by atoms with Gasteiger partial charge in [-0.2, -0.15) is 0 Å². The highest BCUT2D eigenvalue weighted by molar-refractivity contribution is 5.76. The topological polar surface area (TPSA) is 72.9 Å². The van der Waals surface area contributed by atoms with Crippen LogP contribution in [0.5, 0.6) is 0 Å². The molecule has 6 heteroatoms. The average molecular weight is 285 g/mol. The lowest BCUT2D eigenvalue weighted by Crippen LogP contribution is -2.49. The smallest absolute Gasteiger partial charge is 0.317 e. The number of hydrogen-bond acceptors (Lipinski definition) is 3. The number of nitrogens with zero attached hydrogens (tertiary/aromatic N) is 2. The molecule has 6 nitrogen and oxygen atoms in total. The normalized spacial score (nSPS) is 20.1. The maximum atomic E-state index is 12.1. The van der Waals surface area contributed by atoms with Crippen molar-refractivity contribution in [2.24, 2.45) is 11.3 Å². The van der Waals surface area contributed by atoms with Crippen molar-refractivity contribution in [1.82, 2.24) is 15.1 Å². The molecule has 0 aromatic heterocycles. The lowest BCUT2D eigenvalue weighted by molar-refractivity contribution is -0.143. The third-order valence-corrected chi connectivity index (χ3v) is 3.52. The molecule has 1 saturated heterocycles. The van der Waals surface area contributed by atoms with E-state index in [0.29, 0.717) is 26.1 Å². The van der Waals surface area contributed by atoms with E-state index in [1.807, 2.05) is 14.1 Å². The van der Waals surface area contributed by atoms with E-state index >= 15 is 0 Å². The Morgan fingerprint density at radius 3 is 2.60 bits per heavy atom. The highest BCUT2D eigenvalue weighted by atomic mass is 16.4. The molecule has 1 rings (SSSR count).